The highest BCUT2D eigenvalue weighted by Gasteiger charge is 2.13. The van der Waals surface area contributed by atoms with Crippen molar-refractivity contribution in [3.8, 4) is 5.75 Å². The van der Waals surface area contributed by atoms with E-state index in [0.29, 0.717) is 6.61 Å². The fourth-order valence-corrected chi connectivity index (χ4v) is 2.90. The Morgan fingerprint density at radius 3 is 2.04 bits per heavy atom. The van der Waals surface area contributed by atoms with Crippen molar-refractivity contribution in [2.45, 2.75) is 48.5 Å². The van der Waals surface area contributed by atoms with Crippen LogP contribution in [-0.2, 0) is 9.53 Å². The van der Waals surface area contributed by atoms with Crippen LogP contribution in [0.15, 0.2) is 41.5 Å². The van der Waals surface area contributed by atoms with Crippen molar-refractivity contribution in [2.75, 3.05) is 13.7 Å². The summed E-state index contributed by atoms with van der Waals surface area (Å²) in [6.45, 7) is 14.6. The second kappa shape index (κ2) is 10.6. The first-order chi connectivity index (χ1) is 12.7. The first-order valence-electron chi connectivity index (χ1n) is 9.25. The van der Waals surface area contributed by atoms with E-state index in [1.807, 2.05) is 25.2 Å². The molecule has 0 fully saturated rings. The second-order valence-corrected chi connectivity index (χ2v) is 6.69. The van der Waals surface area contributed by atoms with Gasteiger partial charge in [0.15, 0.2) is 0 Å². The lowest BCUT2D eigenvalue weighted by atomic mass is 9.92. The van der Waals surface area contributed by atoms with Crippen molar-refractivity contribution in [1.29, 1.82) is 0 Å². The molecular formula is C24H32O3. The van der Waals surface area contributed by atoms with Gasteiger partial charge in [-0.25, -0.2) is 4.79 Å². The third-order valence-electron chi connectivity index (χ3n) is 4.68. The minimum Gasteiger partial charge on any atom is -0.496 e. The molecule has 0 spiro atoms. The van der Waals surface area contributed by atoms with Gasteiger partial charge in [0, 0.05) is 6.08 Å². The van der Waals surface area contributed by atoms with Gasteiger partial charge in [0.05, 0.1) is 13.7 Å². The molecule has 0 amide bonds. The molecule has 1 rings (SSSR count). The third kappa shape index (κ3) is 6.28. The Labute approximate surface area is 164 Å². The Morgan fingerprint density at radius 2 is 1.52 bits per heavy atom. The van der Waals surface area contributed by atoms with Gasteiger partial charge in [-0.3, -0.25) is 0 Å². The van der Waals surface area contributed by atoms with Crippen LogP contribution in [0.4, 0.5) is 0 Å². The number of carbonyl (C=O) groups excluding carboxylic acids is 1. The number of methoxy groups -OCH3 is 1. The monoisotopic (exact) mass is 368 g/mol. The lowest BCUT2D eigenvalue weighted by molar-refractivity contribution is -0.137. The van der Waals surface area contributed by atoms with Crippen molar-refractivity contribution < 1.29 is 14.3 Å². The molecule has 0 unspecified atom stereocenters. The van der Waals surface area contributed by atoms with Crippen LogP contribution in [0.5, 0.6) is 5.75 Å². The van der Waals surface area contributed by atoms with Crippen LogP contribution in [0.2, 0.25) is 0 Å². The SMILES string of the molecule is CCOC(=O)C=C(C)C=CC=C(C)C=Cc1c(C)c(C)c(OC)c(C)c1C. The average Bonchev–Trinajstić information content (AvgIpc) is 2.60. The van der Waals surface area contributed by atoms with Crippen LogP contribution in [0.25, 0.3) is 6.08 Å². The molecule has 0 aliphatic heterocycles. The minimum absolute atomic E-state index is 0.309. The van der Waals surface area contributed by atoms with Gasteiger partial charge in [-0.2, -0.15) is 0 Å². The van der Waals surface area contributed by atoms with Crippen LogP contribution in [0.3, 0.4) is 0 Å². The fraction of sp³-hybridized carbons (Fsp3) is 0.375. The van der Waals surface area contributed by atoms with E-state index in [1.165, 1.54) is 33.9 Å². The van der Waals surface area contributed by atoms with Crippen LogP contribution >= 0.6 is 0 Å². The molecule has 146 valence electrons. The Morgan fingerprint density at radius 1 is 0.926 bits per heavy atom. The molecule has 0 radical (unpaired) electrons. The van der Waals surface area contributed by atoms with Gasteiger partial charge in [-0.15, -0.1) is 0 Å². The maximum absolute atomic E-state index is 11.4. The summed E-state index contributed by atoms with van der Waals surface area (Å²) in [5.41, 5.74) is 8.06. The molecule has 1 aromatic carbocycles. The molecule has 0 aliphatic rings. The molecule has 0 bridgehead atoms. The van der Waals surface area contributed by atoms with Gasteiger partial charge in [0.2, 0.25) is 0 Å². The fourth-order valence-electron chi connectivity index (χ4n) is 2.90. The van der Waals surface area contributed by atoms with Gasteiger partial charge in [0.25, 0.3) is 0 Å². The summed E-state index contributed by atoms with van der Waals surface area (Å²) >= 11 is 0. The van der Waals surface area contributed by atoms with Crippen LogP contribution in [-0.4, -0.2) is 19.7 Å². The Bertz CT molecular complexity index is 776. The second-order valence-electron chi connectivity index (χ2n) is 6.69. The number of hydrogen-bond donors (Lipinski definition) is 0. The predicted molar refractivity (Wildman–Crippen MR) is 114 cm³/mol. The summed E-state index contributed by atoms with van der Waals surface area (Å²) in [4.78, 5) is 11.4. The molecule has 0 aromatic heterocycles. The first kappa shape index (κ1) is 22.5. The van der Waals surface area contributed by atoms with E-state index in [2.05, 4.69) is 46.8 Å². The van der Waals surface area contributed by atoms with Crippen molar-refractivity contribution in [2.24, 2.45) is 0 Å². The molecule has 0 N–H and O–H groups in total. The number of allylic oxidation sites excluding steroid dienone is 6. The van der Waals surface area contributed by atoms with Crippen LogP contribution in [0, 0.1) is 27.7 Å². The van der Waals surface area contributed by atoms with E-state index in [-0.39, 0.29) is 5.97 Å². The maximum Gasteiger partial charge on any atom is 0.330 e. The van der Waals surface area contributed by atoms with Crippen molar-refractivity contribution in [1.82, 2.24) is 0 Å². The van der Waals surface area contributed by atoms with Crippen molar-refractivity contribution in [3.63, 3.8) is 0 Å². The molecule has 0 heterocycles. The smallest absolute Gasteiger partial charge is 0.330 e. The number of esters is 1. The van der Waals surface area contributed by atoms with Crippen LogP contribution < -0.4 is 4.74 Å². The van der Waals surface area contributed by atoms with Gasteiger partial charge in [-0.1, -0.05) is 36.0 Å². The van der Waals surface area contributed by atoms with Gasteiger partial charge in [0.1, 0.15) is 5.75 Å². The quantitative estimate of drug-likeness (QED) is 0.339. The Hall–Kier alpha value is -2.55. The standard InChI is InChI=1S/C24H32O3/c1-9-27-23(25)15-17(3)12-10-11-16(2)13-14-22-18(4)20(6)24(26-8)21(7)19(22)5/h10-15H,9H2,1-8H3. The van der Waals surface area contributed by atoms with Gasteiger partial charge in [-0.05, 0) is 81.9 Å². The number of ether oxygens (including phenoxy) is 2. The molecule has 3 nitrogen and oxygen atoms in total. The normalized spacial score (nSPS) is 12.9. The number of hydrogen-bond acceptors (Lipinski definition) is 3. The molecule has 3 heteroatoms. The van der Waals surface area contributed by atoms with Crippen molar-refractivity contribution in [3.05, 3.63) is 69.3 Å². The number of benzene rings is 1. The lowest BCUT2D eigenvalue weighted by Crippen LogP contribution is -2.00. The Kier molecular flexibility index (Phi) is 8.80. The van der Waals surface area contributed by atoms with E-state index in [1.54, 1.807) is 14.0 Å². The molecule has 27 heavy (non-hydrogen) atoms. The largest absolute Gasteiger partial charge is 0.496 e. The highest BCUT2D eigenvalue weighted by molar-refractivity contribution is 5.83. The summed E-state index contributed by atoms with van der Waals surface area (Å²) in [6, 6.07) is 0. The van der Waals surface area contributed by atoms with E-state index in [0.717, 1.165) is 16.9 Å². The zero-order valence-corrected chi connectivity index (χ0v) is 17.9. The summed E-state index contributed by atoms with van der Waals surface area (Å²) < 4.78 is 10.5. The highest BCUT2D eigenvalue weighted by Crippen LogP contribution is 2.33. The zero-order valence-electron chi connectivity index (χ0n) is 17.9. The summed E-state index contributed by atoms with van der Waals surface area (Å²) in [6.07, 6.45) is 11.6. The number of rotatable bonds is 7. The summed E-state index contributed by atoms with van der Waals surface area (Å²) in [7, 11) is 1.72. The van der Waals surface area contributed by atoms with Crippen LogP contribution in [0.1, 0.15) is 48.6 Å². The molecule has 0 saturated heterocycles. The zero-order chi connectivity index (χ0) is 20.6. The topological polar surface area (TPSA) is 35.5 Å². The van der Waals surface area contributed by atoms with Crippen molar-refractivity contribution >= 4 is 12.0 Å². The molecule has 0 atom stereocenters. The molecular weight excluding hydrogens is 336 g/mol. The third-order valence-corrected chi connectivity index (χ3v) is 4.68. The highest BCUT2D eigenvalue weighted by atomic mass is 16.5. The minimum atomic E-state index is -0.309. The molecule has 1 aromatic rings. The van der Waals surface area contributed by atoms with Gasteiger partial charge < -0.3 is 9.47 Å². The van der Waals surface area contributed by atoms with E-state index < -0.39 is 0 Å². The predicted octanol–water partition coefficient (Wildman–Crippen LogP) is 5.95. The molecule has 0 aliphatic carbocycles. The van der Waals surface area contributed by atoms with E-state index >= 15 is 0 Å². The average molecular weight is 369 g/mol. The first-order valence-corrected chi connectivity index (χ1v) is 9.25. The van der Waals surface area contributed by atoms with E-state index in [9.17, 15) is 4.79 Å². The van der Waals surface area contributed by atoms with E-state index in [4.69, 9.17) is 9.47 Å². The molecule has 0 saturated carbocycles. The number of carbonyl (C=O) groups is 1. The summed E-state index contributed by atoms with van der Waals surface area (Å²) in [5.74, 6) is 0.664. The lowest BCUT2D eigenvalue weighted by Gasteiger charge is -2.17. The Balaban J connectivity index is 2.99. The van der Waals surface area contributed by atoms with Gasteiger partial charge >= 0.3 is 5.97 Å². The maximum atomic E-state index is 11.4. The summed E-state index contributed by atoms with van der Waals surface area (Å²) in [5, 5.41) is 0.